The number of carbonyl (C=O) groups is 2. The molecule has 1 N–H and O–H groups in total. The van der Waals surface area contributed by atoms with E-state index >= 15 is 0 Å². The second-order valence-corrected chi connectivity index (χ2v) is 4.48. The minimum absolute atomic E-state index is 0.0951. The van der Waals surface area contributed by atoms with Crippen LogP contribution in [0, 0.1) is 11.3 Å². The van der Waals surface area contributed by atoms with E-state index in [1.54, 1.807) is 0 Å². The Hall–Kier alpha value is -1.06. The Labute approximate surface area is 84.3 Å². The van der Waals surface area contributed by atoms with E-state index in [4.69, 9.17) is 5.11 Å². The lowest BCUT2D eigenvalue weighted by Gasteiger charge is -2.26. The van der Waals surface area contributed by atoms with Gasteiger partial charge >= 0.3 is 5.97 Å². The van der Waals surface area contributed by atoms with Crippen LogP contribution in [0.4, 0.5) is 0 Å². The van der Waals surface area contributed by atoms with E-state index < -0.39 is 5.97 Å². The van der Waals surface area contributed by atoms with Crippen LogP contribution in [0.25, 0.3) is 0 Å². The summed E-state index contributed by atoms with van der Waals surface area (Å²) in [5, 5.41) is 8.57. The molecule has 0 aromatic rings. The van der Waals surface area contributed by atoms with E-state index in [1.807, 2.05) is 20.8 Å². The Kier molecular flexibility index (Phi) is 5.20. The van der Waals surface area contributed by atoms with Crippen LogP contribution in [-0.4, -0.2) is 24.2 Å². The quantitative estimate of drug-likeness (QED) is 0.638. The fourth-order valence-electron chi connectivity index (χ4n) is 1.63. The second kappa shape index (κ2) is 5.62. The van der Waals surface area contributed by atoms with Crippen LogP contribution in [0.15, 0.2) is 0 Å². The van der Waals surface area contributed by atoms with Gasteiger partial charge in [0.15, 0.2) is 0 Å². The first-order chi connectivity index (χ1) is 6.37. The molecule has 4 heteroatoms. The summed E-state index contributed by atoms with van der Waals surface area (Å²) in [6.45, 7) is 6.55. The highest BCUT2D eigenvalue weighted by Gasteiger charge is 2.23. The minimum atomic E-state index is -0.787. The van der Waals surface area contributed by atoms with E-state index in [-0.39, 0.29) is 17.8 Å². The molecule has 0 aliphatic carbocycles. The smallest absolute Gasteiger partial charge is 0.303 e. The summed E-state index contributed by atoms with van der Waals surface area (Å²) in [5.41, 5.74) is -0.157. The molecule has 0 saturated carbocycles. The van der Waals surface area contributed by atoms with Crippen LogP contribution in [0.5, 0.6) is 0 Å². The lowest BCUT2D eigenvalue weighted by atomic mass is 9.83. The summed E-state index contributed by atoms with van der Waals surface area (Å²) in [7, 11) is 0. The summed E-state index contributed by atoms with van der Waals surface area (Å²) >= 11 is 0. The van der Waals surface area contributed by atoms with Gasteiger partial charge in [-0.1, -0.05) is 20.8 Å². The first-order valence-electron chi connectivity index (χ1n) is 4.64. The summed E-state index contributed by atoms with van der Waals surface area (Å²) in [6.07, 6.45) is 0.887. The van der Waals surface area contributed by atoms with Gasteiger partial charge in [0, 0.05) is 6.42 Å². The van der Waals surface area contributed by atoms with Crippen LogP contribution in [-0.2, 0) is 14.3 Å². The van der Waals surface area contributed by atoms with Crippen LogP contribution in [0.1, 0.15) is 33.6 Å². The van der Waals surface area contributed by atoms with Gasteiger partial charge in [-0.05, 0) is 17.8 Å². The van der Waals surface area contributed by atoms with Gasteiger partial charge in [-0.15, -0.1) is 0 Å². The number of rotatable bonds is 7. The molecular formula is C10H18O4. The molecule has 1 atom stereocenters. The molecule has 0 aliphatic heterocycles. The Bertz CT molecular complexity index is 198. The van der Waals surface area contributed by atoms with Crippen molar-refractivity contribution in [3.8, 4) is 0 Å². The number of hydrogen-bond donors (Lipinski definition) is 1. The van der Waals surface area contributed by atoms with Gasteiger partial charge in [0.05, 0.1) is 6.61 Å². The Morgan fingerprint density at radius 1 is 1.57 bits per heavy atom. The van der Waals surface area contributed by atoms with Crippen LogP contribution in [0.3, 0.4) is 0 Å². The van der Waals surface area contributed by atoms with Crippen molar-refractivity contribution in [1.29, 1.82) is 0 Å². The molecule has 0 aromatic heterocycles. The minimum Gasteiger partial charge on any atom is -0.481 e. The zero-order chi connectivity index (χ0) is 11.2. The maximum atomic E-state index is 10.4. The van der Waals surface area contributed by atoms with E-state index in [0.29, 0.717) is 13.1 Å². The molecule has 82 valence electrons. The number of hydrogen-bond acceptors (Lipinski definition) is 3. The third-order valence-electron chi connectivity index (χ3n) is 1.97. The number of aliphatic carboxylic acids is 1. The molecule has 0 saturated heterocycles. The predicted molar refractivity (Wildman–Crippen MR) is 51.8 cm³/mol. The highest BCUT2D eigenvalue weighted by Crippen LogP contribution is 2.27. The van der Waals surface area contributed by atoms with E-state index in [1.165, 1.54) is 0 Å². The molecule has 14 heavy (non-hydrogen) atoms. The monoisotopic (exact) mass is 202 g/mol. The molecular weight excluding hydrogens is 184 g/mol. The summed E-state index contributed by atoms with van der Waals surface area (Å²) in [5.74, 6) is -0.692. The average Bonchev–Trinajstić information content (AvgIpc) is 1.98. The molecule has 4 nitrogen and oxygen atoms in total. The molecule has 0 fully saturated rings. The summed E-state index contributed by atoms with van der Waals surface area (Å²) in [6, 6.07) is 0. The topological polar surface area (TPSA) is 63.6 Å². The first kappa shape index (κ1) is 12.9. The lowest BCUT2D eigenvalue weighted by molar-refractivity contribution is -0.139. The number of carboxylic acid groups (broad SMARTS) is 1. The van der Waals surface area contributed by atoms with Crippen molar-refractivity contribution in [2.45, 2.75) is 33.6 Å². The summed E-state index contributed by atoms with van der Waals surface area (Å²) < 4.78 is 4.68. The maximum absolute atomic E-state index is 10.4. The second-order valence-electron chi connectivity index (χ2n) is 4.48. The van der Waals surface area contributed by atoms with Gasteiger partial charge in [-0.25, -0.2) is 0 Å². The van der Waals surface area contributed by atoms with Crippen molar-refractivity contribution in [2.75, 3.05) is 6.61 Å². The fraction of sp³-hybridized carbons (Fsp3) is 0.800. The molecule has 0 aliphatic rings. The predicted octanol–water partition coefficient (Wildman–Crippen LogP) is 1.69. The third kappa shape index (κ3) is 6.46. The number of carboxylic acids is 1. The van der Waals surface area contributed by atoms with E-state index in [9.17, 15) is 9.59 Å². The van der Waals surface area contributed by atoms with Crippen LogP contribution >= 0.6 is 0 Å². The van der Waals surface area contributed by atoms with Gasteiger partial charge in [0.25, 0.3) is 6.47 Å². The molecule has 0 radical (unpaired) electrons. The average molecular weight is 202 g/mol. The van der Waals surface area contributed by atoms with Crippen molar-refractivity contribution in [1.82, 2.24) is 0 Å². The SMILES string of the molecule is CC(CC(=O)O)CC(C)(C)COC=O. The highest BCUT2D eigenvalue weighted by molar-refractivity contribution is 5.66. The Morgan fingerprint density at radius 2 is 2.14 bits per heavy atom. The van der Waals surface area contributed by atoms with Crippen molar-refractivity contribution >= 4 is 12.4 Å². The zero-order valence-corrected chi connectivity index (χ0v) is 8.95. The van der Waals surface area contributed by atoms with Gasteiger partial charge in [0.1, 0.15) is 0 Å². The van der Waals surface area contributed by atoms with E-state index in [2.05, 4.69) is 4.74 Å². The Morgan fingerprint density at radius 3 is 2.57 bits per heavy atom. The molecule has 0 rings (SSSR count). The standard InChI is InChI=1S/C10H18O4/c1-8(4-9(12)13)5-10(2,3)6-14-7-11/h7-8H,4-6H2,1-3H3,(H,12,13). The third-order valence-corrected chi connectivity index (χ3v) is 1.97. The molecule has 0 bridgehead atoms. The number of ether oxygens (including phenoxy) is 1. The maximum Gasteiger partial charge on any atom is 0.303 e. The molecule has 0 heterocycles. The van der Waals surface area contributed by atoms with Crippen molar-refractivity contribution in [3.63, 3.8) is 0 Å². The van der Waals surface area contributed by atoms with Gasteiger partial charge in [-0.3, -0.25) is 9.59 Å². The Balaban J connectivity index is 3.93. The van der Waals surface area contributed by atoms with Gasteiger partial charge in [0.2, 0.25) is 0 Å². The lowest BCUT2D eigenvalue weighted by Crippen LogP contribution is -2.23. The van der Waals surface area contributed by atoms with Crippen molar-refractivity contribution in [3.05, 3.63) is 0 Å². The normalized spacial score (nSPS) is 13.4. The largest absolute Gasteiger partial charge is 0.481 e. The number of carbonyl (C=O) groups excluding carboxylic acids is 1. The van der Waals surface area contributed by atoms with Crippen molar-refractivity contribution < 1.29 is 19.4 Å². The zero-order valence-electron chi connectivity index (χ0n) is 8.95. The van der Waals surface area contributed by atoms with Crippen LogP contribution in [0.2, 0.25) is 0 Å². The summed E-state index contributed by atoms with van der Waals surface area (Å²) in [4.78, 5) is 20.4. The van der Waals surface area contributed by atoms with Gasteiger partial charge in [-0.2, -0.15) is 0 Å². The van der Waals surface area contributed by atoms with Crippen molar-refractivity contribution in [2.24, 2.45) is 11.3 Å². The molecule has 0 aromatic carbocycles. The first-order valence-corrected chi connectivity index (χ1v) is 4.64. The molecule has 0 amide bonds. The van der Waals surface area contributed by atoms with Crippen LogP contribution < -0.4 is 0 Å². The highest BCUT2D eigenvalue weighted by atomic mass is 16.5. The molecule has 0 spiro atoms. The van der Waals surface area contributed by atoms with Gasteiger partial charge < -0.3 is 9.84 Å². The fourth-order valence-corrected chi connectivity index (χ4v) is 1.63. The molecule has 1 unspecified atom stereocenters. The van der Waals surface area contributed by atoms with E-state index in [0.717, 1.165) is 6.42 Å².